The lowest BCUT2D eigenvalue weighted by atomic mass is 9.93. The fourth-order valence-electron chi connectivity index (χ4n) is 5.24. The summed E-state index contributed by atoms with van der Waals surface area (Å²) < 4.78 is 33.1. The second-order valence-corrected chi connectivity index (χ2v) is 12.2. The van der Waals surface area contributed by atoms with Gasteiger partial charge in [0.2, 0.25) is 0 Å². The average Bonchev–Trinajstić information content (AvgIpc) is 3.38. The van der Waals surface area contributed by atoms with Crippen LogP contribution in [0.25, 0.3) is 11.8 Å². The van der Waals surface area contributed by atoms with Gasteiger partial charge in [0.1, 0.15) is 12.4 Å². The molecule has 232 valence electrons. The Bertz CT molecular complexity index is 2110. The van der Waals surface area contributed by atoms with E-state index in [-0.39, 0.29) is 24.6 Å². The van der Waals surface area contributed by atoms with E-state index in [9.17, 15) is 14.0 Å². The summed E-state index contributed by atoms with van der Waals surface area (Å²) in [6.45, 7) is 2.13. The highest BCUT2D eigenvalue weighted by Gasteiger charge is 2.35. The molecule has 1 atom stereocenters. The summed E-state index contributed by atoms with van der Waals surface area (Å²) in [5, 5.41) is 0. The summed E-state index contributed by atoms with van der Waals surface area (Å²) in [4.78, 5) is 33.1. The molecule has 0 amide bonds. The number of fused-ring (bicyclic) bond motifs is 1. The predicted octanol–water partition coefficient (Wildman–Crippen LogP) is 6.42. The zero-order chi connectivity index (χ0) is 32.2. The van der Waals surface area contributed by atoms with E-state index in [0.29, 0.717) is 42.1 Å². The smallest absolute Gasteiger partial charge is 0.338 e. The number of nitrogens with zero attached hydrogens (tertiary/aromatic N) is 2. The lowest BCUT2D eigenvalue weighted by Crippen LogP contribution is -2.39. The van der Waals surface area contributed by atoms with Crippen LogP contribution < -0.4 is 24.4 Å². The fraction of sp³-hybridized carbons (Fsp3) is 0.139. The third-order valence-electron chi connectivity index (χ3n) is 7.33. The van der Waals surface area contributed by atoms with Crippen LogP contribution in [0.15, 0.2) is 117 Å². The summed E-state index contributed by atoms with van der Waals surface area (Å²) in [7, 11) is 1.53. The van der Waals surface area contributed by atoms with E-state index in [2.05, 4.69) is 15.9 Å². The van der Waals surface area contributed by atoms with Crippen molar-refractivity contribution < 1.29 is 23.4 Å². The number of methoxy groups -OCH3 is 1. The Kier molecular flexibility index (Phi) is 9.28. The quantitative estimate of drug-likeness (QED) is 0.166. The second-order valence-electron chi connectivity index (χ2n) is 10.3. The standard InChI is InChI=1S/C36H28BrFN2O5S/c1-3-44-35(42)30-31(24-10-6-4-7-11-24)39-36-40(32(30)25-12-8-5-9-13-25)34(41)29(46-36)20-23-18-27(37)33(28(19-23)43-2)45-21-22-14-16-26(38)17-15-22/h4-20,32H,3,21H2,1-2H3/b29-20-/t32-/m1/s1. The van der Waals surface area contributed by atoms with Crippen LogP contribution >= 0.6 is 27.3 Å². The molecular weight excluding hydrogens is 671 g/mol. The molecule has 0 radical (unpaired) electrons. The molecule has 10 heteroatoms. The lowest BCUT2D eigenvalue weighted by Gasteiger charge is -2.25. The number of benzene rings is 4. The number of ether oxygens (including phenoxy) is 3. The first kappa shape index (κ1) is 31.2. The molecule has 0 bridgehead atoms. The number of rotatable bonds is 9. The summed E-state index contributed by atoms with van der Waals surface area (Å²) in [6, 6.07) is 27.8. The van der Waals surface area contributed by atoms with E-state index in [0.717, 1.165) is 16.7 Å². The molecule has 0 aliphatic carbocycles. The van der Waals surface area contributed by atoms with Crippen molar-refractivity contribution in [2.75, 3.05) is 13.7 Å². The molecule has 1 aliphatic rings. The van der Waals surface area contributed by atoms with Crippen LogP contribution in [0, 0.1) is 5.82 Å². The molecule has 1 aliphatic heterocycles. The Labute approximate surface area is 276 Å². The van der Waals surface area contributed by atoms with Gasteiger partial charge in [-0.2, -0.15) is 0 Å². The van der Waals surface area contributed by atoms with Crippen molar-refractivity contribution >= 4 is 45.0 Å². The minimum Gasteiger partial charge on any atom is -0.493 e. The molecule has 2 heterocycles. The van der Waals surface area contributed by atoms with Crippen LogP contribution in [-0.4, -0.2) is 24.3 Å². The molecular formula is C36H28BrFN2O5S. The Balaban J connectivity index is 1.48. The van der Waals surface area contributed by atoms with Gasteiger partial charge in [0.25, 0.3) is 5.56 Å². The zero-order valence-corrected chi connectivity index (χ0v) is 27.3. The van der Waals surface area contributed by atoms with Gasteiger partial charge in [-0.05, 0) is 69.9 Å². The number of carbonyl (C=O) groups is 1. The van der Waals surface area contributed by atoms with Gasteiger partial charge in [-0.15, -0.1) is 0 Å². The fourth-order valence-corrected chi connectivity index (χ4v) is 6.82. The third-order valence-corrected chi connectivity index (χ3v) is 8.91. The van der Waals surface area contributed by atoms with Gasteiger partial charge >= 0.3 is 5.97 Å². The minimum atomic E-state index is -0.752. The number of thiazole rings is 1. The molecule has 5 aromatic rings. The Morgan fingerprint density at radius 3 is 2.39 bits per heavy atom. The highest BCUT2D eigenvalue weighted by atomic mass is 79.9. The van der Waals surface area contributed by atoms with Crippen molar-refractivity contribution in [3.8, 4) is 11.5 Å². The summed E-state index contributed by atoms with van der Waals surface area (Å²) in [5.74, 6) is 0.0773. The molecule has 46 heavy (non-hydrogen) atoms. The lowest BCUT2D eigenvalue weighted by molar-refractivity contribution is -0.138. The number of esters is 1. The van der Waals surface area contributed by atoms with E-state index in [1.807, 2.05) is 66.7 Å². The van der Waals surface area contributed by atoms with Gasteiger partial charge in [-0.25, -0.2) is 14.2 Å². The summed E-state index contributed by atoms with van der Waals surface area (Å²) >= 11 is 4.82. The molecule has 0 fully saturated rings. The van der Waals surface area contributed by atoms with Crippen molar-refractivity contribution in [1.82, 2.24) is 4.57 Å². The number of halogens is 2. The Morgan fingerprint density at radius 1 is 1.02 bits per heavy atom. The van der Waals surface area contributed by atoms with Crippen molar-refractivity contribution in [1.29, 1.82) is 0 Å². The minimum absolute atomic E-state index is 0.177. The molecule has 0 saturated heterocycles. The van der Waals surface area contributed by atoms with E-state index in [1.165, 1.54) is 30.6 Å². The molecule has 0 spiro atoms. The molecule has 6 rings (SSSR count). The number of aromatic nitrogens is 1. The van der Waals surface area contributed by atoms with E-state index < -0.39 is 12.0 Å². The Morgan fingerprint density at radius 2 is 1.72 bits per heavy atom. The number of hydrogen-bond donors (Lipinski definition) is 0. The van der Waals surface area contributed by atoms with Crippen molar-refractivity contribution in [2.45, 2.75) is 19.6 Å². The molecule has 4 aromatic carbocycles. The summed E-state index contributed by atoms with van der Waals surface area (Å²) in [6.07, 6.45) is 1.76. The topological polar surface area (TPSA) is 79.1 Å². The van der Waals surface area contributed by atoms with E-state index in [1.54, 1.807) is 35.8 Å². The van der Waals surface area contributed by atoms with Crippen LogP contribution in [0.1, 0.15) is 35.2 Å². The van der Waals surface area contributed by atoms with Gasteiger partial charge in [-0.3, -0.25) is 9.36 Å². The van der Waals surface area contributed by atoms with Gasteiger partial charge in [0.05, 0.1) is 40.0 Å². The van der Waals surface area contributed by atoms with Gasteiger partial charge in [0, 0.05) is 5.56 Å². The van der Waals surface area contributed by atoms with Crippen LogP contribution in [0.2, 0.25) is 0 Å². The molecule has 1 aromatic heterocycles. The van der Waals surface area contributed by atoms with Crippen LogP contribution in [0.3, 0.4) is 0 Å². The molecule has 0 saturated carbocycles. The highest BCUT2D eigenvalue weighted by Crippen LogP contribution is 2.38. The van der Waals surface area contributed by atoms with Gasteiger partial charge < -0.3 is 14.2 Å². The van der Waals surface area contributed by atoms with Crippen molar-refractivity contribution in [3.63, 3.8) is 0 Å². The van der Waals surface area contributed by atoms with Gasteiger partial charge in [-0.1, -0.05) is 84.1 Å². The van der Waals surface area contributed by atoms with Crippen LogP contribution in [0.4, 0.5) is 4.39 Å². The predicted molar refractivity (Wildman–Crippen MR) is 179 cm³/mol. The van der Waals surface area contributed by atoms with E-state index >= 15 is 0 Å². The van der Waals surface area contributed by atoms with Crippen LogP contribution in [0.5, 0.6) is 11.5 Å². The highest BCUT2D eigenvalue weighted by molar-refractivity contribution is 9.10. The first-order valence-corrected chi connectivity index (χ1v) is 16.1. The zero-order valence-electron chi connectivity index (χ0n) is 24.9. The third kappa shape index (κ3) is 6.31. The van der Waals surface area contributed by atoms with Crippen LogP contribution in [-0.2, 0) is 16.1 Å². The van der Waals surface area contributed by atoms with E-state index in [4.69, 9.17) is 19.2 Å². The maximum absolute atomic E-state index is 14.2. The molecule has 0 N–H and O–H groups in total. The first-order chi connectivity index (χ1) is 22.4. The monoisotopic (exact) mass is 698 g/mol. The molecule has 0 unspecified atom stereocenters. The normalized spacial score (nSPS) is 14.4. The average molecular weight is 700 g/mol. The second kappa shape index (κ2) is 13.7. The Hall–Kier alpha value is -4.80. The summed E-state index contributed by atoms with van der Waals surface area (Å²) in [5.41, 5.74) is 3.46. The number of carbonyl (C=O) groups excluding carboxylic acids is 1. The first-order valence-electron chi connectivity index (χ1n) is 14.5. The largest absolute Gasteiger partial charge is 0.493 e. The molecule has 7 nitrogen and oxygen atoms in total. The number of hydrogen-bond acceptors (Lipinski definition) is 7. The maximum Gasteiger partial charge on any atom is 0.338 e. The van der Waals surface area contributed by atoms with Crippen molar-refractivity contribution in [2.24, 2.45) is 4.99 Å². The van der Waals surface area contributed by atoms with Crippen molar-refractivity contribution in [3.05, 3.63) is 155 Å². The van der Waals surface area contributed by atoms with Gasteiger partial charge in [0.15, 0.2) is 16.3 Å². The SMILES string of the molecule is CCOC(=O)C1=C(c2ccccc2)N=c2s/c(=C\c3cc(Br)c(OCc4ccc(F)cc4)c(OC)c3)c(=O)n2[C@@H]1c1ccccc1. The maximum atomic E-state index is 14.2.